The Morgan fingerprint density at radius 2 is 2.06 bits per heavy atom. The molecule has 1 aromatic carbocycles. The molecule has 2 aromatic rings. The Morgan fingerprint density at radius 1 is 1.28 bits per heavy atom. The number of benzene rings is 1. The summed E-state index contributed by atoms with van der Waals surface area (Å²) < 4.78 is 4.70. The van der Waals surface area contributed by atoms with Crippen LogP contribution in [0.5, 0.6) is 0 Å². The number of hydrogen-bond donors (Lipinski definition) is 1. The SMILES string of the molecule is Cc1ccc(C2CC(NCc3ncon3)C2)cc1. The summed E-state index contributed by atoms with van der Waals surface area (Å²) in [6.07, 6.45) is 3.76. The van der Waals surface area contributed by atoms with Gasteiger partial charge in [0.2, 0.25) is 6.39 Å². The third kappa shape index (κ3) is 2.43. The number of nitrogens with zero attached hydrogens (tertiary/aromatic N) is 2. The molecule has 94 valence electrons. The molecule has 0 atom stereocenters. The van der Waals surface area contributed by atoms with E-state index in [-0.39, 0.29) is 0 Å². The van der Waals surface area contributed by atoms with Gasteiger partial charge in [0.15, 0.2) is 5.82 Å². The molecule has 1 aliphatic carbocycles. The van der Waals surface area contributed by atoms with Gasteiger partial charge in [-0.1, -0.05) is 35.0 Å². The molecule has 0 unspecified atom stereocenters. The summed E-state index contributed by atoms with van der Waals surface area (Å²) in [4.78, 5) is 3.99. The molecular weight excluding hydrogens is 226 g/mol. The van der Waals surface area contributed by atoms with Crippen LogP contribution in [-0.4, -0.2) is 16.2 Å². The Balaban J connectivity index is 1.47. The van der Waals surface area contributed by atoms with Gasteiger partial charge in [0, 0.05) is 6.04 Å². The molecular formula is C14H17N3O. The summed E-state index contributed by atoms with van der Waals surface area (Å²) in [6, 6.07) is 9.45. The maximum Gasteiger partial charge on any atom is 0.213 e. The van der Waals surface area contributed by atoms with Gasteiger partial charge in [0.1, 0.15) is 0 Å². The Kier molecular flexibility index (Phi) is 3.11. The van der Waals surface area contributed by atoms with E-state index in [1.807, 2.05) is 0 Å². The van der Waals surface area contributed by atoms with Gasteiger partial charge in [-0.05, 0) is 31.2 Å². The highest BCUT2D eigenvalue weighted by Gasteiger charge is 2.29. The lowest BCUT2D eigenvalue weighted by Crippen LogP contribution is -2.39. The average molecular weight is 243 g/mol. The van der Waals surface area contributed by atoms with Crippen molar-refractivity contribution in [1.82, 2.24) is 15.5 Å². The first kappa shape index (κ1) is 11.4. The highest BCUT2D eigenvalue weighted by molar-refractivity contribution is 5.26. The van der Waals surface area contributed by atoms with Crippen LogP contribution in [0.2, 0.25) is 0 Å². The van der Waals surface area contributed by atoms with Crippen molar-refractivity contribution in [2.24, 2.45) is 0 Å². The summed E-state index contributed by atoms with van der Waals surface area (Å²) >= 11 is 0. The zero-order valence-corrected chi connectivity index (χ0v) is 10.5. The van der Waals surface area contributed by atoms with Crippen LogP contribution in [0, 0.1) is 6.92 Å². The van der Waals surface area contributed by atoms with Gasteiger partial charge in [-0.2, -0.15) is 4.98 Å². The smallest absolute Gasteiger partial charge is 0.213 e. The molecule has 0 spiro atoms. The van der Waals surface area contributed by atoms with Crippen molar-refractivity contribution in [3.8, 4) is 0 Å². The topological polar surface area (TPSA) is 51.0 Å². The molecule has 3 rings (SSSR count). The summed E-state index contributed by atoms with van der Waals surface area (Å²) in [6.45, 7) is 2.82. The molecule has 1 aliphatic rings. The highest BCUT2D eigenvalue weighted by Crippen LogP contribution is 2.36. The number of aromatic nitrogens is 2. The van der Waals surface area contributed by atoms with E-state index in [2.05, 4.69) is 46.6 Å². The Bertz CT molecular complexity index is 486. The summed E-state index contributed by atoms with van der Waals surface area (Å²) in [5.41, 5.74) is 2.78. The van der Waals surface area contributed by atoms with E-state index in [0.29, 0.717) is 18.5 Å². The molecule has 1 aromatic heterocycles. The van der Waals surface area contributed by atoms with Crippen molar-refractivity contribution in [3.05, 3.63) is 47.6 Å². The maximum absolute atomic E-state index is 4.70. The van der Waals surface area contributed by atoms with Crippen LogP contribution in [0.1, 0.15) is 35.7 Å². The highest BCUT2D eigenvalue weighted by atomic mass is 16.5. The van der Waals surface area contributed by atoms with E-state index in [9.17, 15) is 0 Å². The van der Waals surface area contributed by atoms with Gasteiger partial charge in [-0.25, -0.2) is 0 Å². The minimum absolute atomic E-state index is 0.579. The Morgan fingerprint density at radius 3 is 2.72 bits per heavy atom. The lowest BCUT2D eigenvalue weighted by molar-refractivity contribution is 0.285. The summed E-state index contributed by atoms with van der Waals surface area (Å²) in [5.74, 6) is 1.43. The molecule has 4 nitrogen and oxygen atoms in total. The van der Waals surface area contributed by atoms with Crippen LogP contribution in [0.15, 0.2) is 35.2 Å². The van der Waals surface area contributed by atoms with E-state index >= 15 is 0 Å². The second-order valence-electron chi connectivity index (χ2n) is 5.00. The lowest BCUT2D eigenvalue weighted by Gasteiger charge is -2.36. The van der Waals surface area contributed by atoms with Gasteiger partial charge in [0.25, 0.3) is 0 Å². The fraction of sp³-hybridized carbons (Fsp3) is 0.429. The van der Waals surface area contributed by atoms with E-state index < -0.39 is 0 Å². The van der Waals surface area contributed by atoms with E-state index in [1.165, 1.54) is 30.4 Å². The maximum atomic E-state index is 4.70. The largest absolute Gasteiger partial charge is 0.343 e. The van der Waals surface area contributed by atoms with Crippen molar-refractivity contribution >= 4 is 0 Å². The summed E-state index contributed by atoms with van der Waals surface area (Å²) in [5, 5.41) is 7.23. The van der Waals surface area contributed by atoms with Gasteiger partial charge >= 0.3 is 0 Å². The van der Waals surface area contributed by atoms with E-state index in [1.54, 1.807) is 0 Å². The van der Waals surface area contributed by atoms with Crippen molar-refractivity contribution in [2.75, 3.05) is 0 Å². The number of hydrogen-bond acceptors (Lipinski definition) is 4. The third-order valence-electron chi connectivity index (χ3n) is 3.64. The molecule has 0 bridgehead atoms. The van der Waals surface area contributed by atoms with Crippen molar-refractivity contribution in [2.45, 2.75) is 38.3 Å². The zero-order valence-electron chi connectivity index (χ0n) is 10.5. The molecule has 1 N–H and O–H groups in total. The van der Waals surface area contributed by atoms with Crippen molar-refractivity contribution < 1.29 is 4.52 Å². The molecule has 18 heavy (non-hydrogen) atoms. The first-order valence-corrected chi connectivity index (χ1v) is 6.36. The molecule has 1 heterocycles. The predicted octanol–water partition coefficient (Wildman–Crippen LogP) is 2.41. The first-order chi connectivity index (χ1) is 8.81. The van der Waals surface area contributed by atoms with Gasteiger partial charge < -0.3 is 9.84 Å². The molecule has 0 amide bonds. The fourth-order valence-electron chi connectivity index (χ4n) is 2.40. The average Bonchev–Trinajstić information content (AvgIpc) is 2.82. The van der Waals surface area contributed by atoms with E-state index in [0.717, 1.165) is 5.82 Å². The van der Waals surface area contributed by atoms with Crippen LogP contribution in [0.3, 0.4) is 0 Å². The quantitative estimate of drug-likeness (QED) is 0.896. The molecule has 0 saturated heterocycles. The molecule has 0 radical (unpaired) electrons. The van der Waals surface area contributed by atoms with Crippen LogP contribution >= 0.6 is 0 Å². The normalized spacial score (nSPS) is 22.7. The molecule has 0 aliphatic heterocycles. The number of rotatable bonds is 4. The number of aryl methyl sites for hydroxylation is 1. The van der Waals surface area contributed by atoms with Gasteiger partial charge in [-0.3, -0.25) is 0 Å². The fourth-order valence-corrected chi connectivity index (χ4v) is 2.40. The lowest BCUT2D eigenvalue weighted by atomic mass is 9.76. The second kappa shape index (κ2) is 4.90. The van der Waals surface area contributed by atoms with Gasteiger partial charge in [-0.15, -0.1) is 0 Å². The second-order valence-corrected chi connectivity index (χ2v) is 5.00. The van der Waals surface area contributed by atoms with Crippen LogP contribution < -0.4 is 5.32 Å². The van der Waals surface area contributed by atoms with Crippen LogP contribution in [0.4, 0.5) is 0 Å². The minimum Gasteiger partial charge on any atom is -0.343 e. The predicted molar refractivity (Wildman–Crippen MR) is 68.1 cm³/mol. The molecule has 4 heteroatoms. The monoisotopic (exact) mass is 243 g/mol. The molecule has 1 saturated carbocycles. The van der Waals surface area contributed by atoms with Crippen molar-refractivity contribution in [3.63, 3.8) is 0 Å². The van der Waals surface area contributed by atoms with Crippen molar-refractivity contribution in [1.29, 1.82) is 0 Å². The Hall–Kier alpha value is -1.68. The summed E-state index contributed by atoms with van der Waals surface area (Å²) in [7, 11) is 0. The number of nitrogens with one attached hydrogen (secondary N) is 1. The van der Waals surface area contributed by atoms with Gasteiger partial charge in [0.05, 0.1) is 6.54 Å². The Labute approximate surface area is 106 Å². The zero-order chi connectivity index (χ0) is 12.4. The standard InChI is InChI=1S/C14H17N3O/c1-10-2-4-11(5-3-10)12-6-13(7-12)15-8-14-16-9-18-17-14/h2-5,9,12-13,15H,6-8H2,1H3. The third-order valence-corrected chi connectivity index (χ3v) is 3.64. The first-order valence-electron chi connectivity index (χ1n) is 6.36. The molecule has 1 fully saturated rings. The van der Waals surface area contributed by atoms with E-state index in [4.69, 9.17) is 4.52 Å². The van der Waals surface area contributed by atoms with Crippen LogP contribution in [0.25, 0.3) is 0 Å². The minimum atomic E-state index is 0.579. The van der Waals surface area contributed by atoms with Crippen LogP contribution in [-0.2, 0) is 6.54 Å².